The van der Waals surface area contributed by atoms with Crippen LogP contribution in [-0.2, 0) is 14.4 Å². The number of likely N-dealkylation sites (tertiary alicyclic amines) is 1. The Morgan fingerprint density at radius 3 is 1.97 bits per heavy atom. The minimum absolute atomic E-state index is 0.0177. The Bertz CT molecular complexity index is 796. The van der Waals surface area contributed by atoms with Gasteiger partial charge in [0.05, 0.1) is 24.3 Å². The Labute approximate surface area is 179 Å². The molecule has 2 bridgehead atoms. The Morgan fingerprint density at radius 2 is 1.50 bits per heavy atom. The van der Waals surface area contributed by atoms with Gasteiger partial charge in [0.2, 0.25) is 17.7 Å². The summed E-state index contributed by atoms with van der Waals surface area (Å²) in [5.74, 6) is -0.319. The van der Waals surface area contributed by atoms with Crippen molar-refractivity contribution in [2.45, 2.75) is 52.0 Å². The second kappa shape index (κ2) is 8.75. The largest absolute Gasteiger partial charge is 0.343 e. The second-order valence-corrected chi connectivity index (χ2v) is 8.90. The zero-order chi connectivity index (χ0) is 21.3. The zero-order valence-electron chi connectivity index (χ0n) is 18.0. The fourth-order valence-corrected chi connectivity index (χ4v) is 5.63. The number of hydrogen-bond donors (Lipinski definition) is 0. The summed E-state index contributed by atoms with van der Waals surface area (Å²) in [5, 5.41) is 0. The van der Waals surface area contributed by atoms with Gasteiger partial charge in [0.25, 0.3) is 0 Å². The number of carbonyl (C=O) groups is 3. The van der Waals surface area contributed by atoms with Crippen LogP contribution in [0.4, 0.5) is 0 Å². The first-order chi connectivity index (χ1) is 14.6. The van der Waals surface area contributed by atoms with Gasteiger partial charge < -0.3 is 4.90 Å². The predicted molar refractivity (Wildman–Crippen MR) is 115 cm³/mol. The smallest absolute Gasteiger partial charge is 0.234 e. The van der Waals surface area contributed by atoms with E-state index in [2.05, 4.69) is 26.0 Å². The van der Waals surface area contributed by atoms with Crippen molar-refractivity contribution in [3.05, 3.63) is 48.0 Å². The third-order valence-electron chi connectivity index (χ3n) is 7.00. The van der Waals surface area contributed by atoms with Gasteiger partial charge in [-0.15, -0.1) is 0 Å². The molecule has 5 rings (SSSR count). The average Bonchev–Trinajstić information content (AvgIpc) is 3.05. The van der Waals surface area contributed by atoms with Gasteiger partial charge in [0, 0.05) is 13.1 Å². The van der Waals surface area contributed by atoms with Gasteiger partial charge in [-0.3, -0.25) is 19.3 Å². The molecule has 3 amide bonds. The van der Waals surface area contributed by atoms with Gasteiger partial charge in [-0.2, -0.15) is 0 Å². The number of imide groups is 1. The summed E-state index contributed by atoms with van der Waals surface area (Å²) >= 11 is 0. The highest BCUT2D eigenvalue weighted by molar-refractivity contribution is 6.06. The van der Waals surface area contributed by atoms with E-state index in [4.69, 9.17) is 0 Å². The number of allylic oxidation sites excluding steroid dienone is 2. The topological polar surface area (TPSA) is 57.7 Å². The lowest BCUT2D eigenvalue weighted by Crippen LogP contribution is -2.40. The summed E-state index contributed by atoms with van der Waals surface area (Å²) < 4.78 is 0. The Hall–Kier alpha value is -2.43. The lowest BCUT2D eigenvalue weighted by Gasteiger charge is -2.38. The van der Waals surface area contributed by atoms with E-state index in [1.54, 1.807) is 0 Å². The van der Waals surface area contributed by atoms with Crippen LogP contribution in [0.1, 0.15) is 57.6 Å². The lowest BCUT2D eigenvalue weighted by atomic mass is 9.63. The van der Waals surface area contributed by atoms with Crippen LogP contribution in [0.5, 0.6) is 0 Å². The molecule has 1 aromatic rings. The third kappa shape index (κ3) is 3.59. The van der Waals surface area contributed by atoms with Crippen LogP contribution in [0.3, 0.4) is 0 Å². The van der Waals surface area contributed by atoms with Crippen molar-refractivity contribution < 1.29 is 14.4 Å². The van der Waals surface area contributed by atoms with Crippen LogP contribution in [-0.4, -0.2) is 40.6 Å². The molecule has 1 heterocycles. The number of benzene rings is 1. The number of amides is 3. The van der Waals surface area contributed by atoms with E-state index in [0.717, 1.165) is 31.2 Å². The fourth-order valence-electron chi connectivity index (χ4n) is 5.63. The maximum Gasteiger partial charge on any atom is 0.234 e. The van der Waals surface area contributed by atoms with Crippen LogP contribution in [0.2, 0.25) is 0 Å². The lowest BCUT2D eigenvalue weighted by molar-refractivity contribution is -0.144. The molecule has 2 fully saturated rings. The number of fused-ring (bicyclic) bond motifs is 1. The monoisotopic (exact) mass is 408 g/mol. The molecule has 0 aromatic heterocycles. The van der Waals surface area contributed by atoms with Crippen molar-refractivity contribution in [3.63, 3.8) is 0 Å². The van der Waals surface area contributed by atoms with Gasteiger partial charge in [0.15, 0.2) is 0 Å². The highest BCUT2D eigenvalue weighted by Crippen LogP contribution is 2.51. The summed E-state index contributed by atoms with van der Waals surface area (Å²) in [7, 11) is 0. The number of hydrogen-bond acceptors (Lipinski definition) is 3. The first-order valence-corrected chi connectivity index (χ1v) is 11.4. The van der Waals surface area contributed by atoms with Crippen LogP contribution < -0.4 is 0 Å². The summed E-state index contributed by atoms with van der Waals surface area (Å²) in [6.45, 7) is 5.53. The van der Waals surface area contributed by atoms with Gasteiger partial charge in [-0.05, 0) is 43.1 Å². The molecule has 0 spiro atoms. The molecule has 5 atom stereocenters. The van der Waals surface area contributed by atoms with E-state index in [-0.39, 0.29) is 47.8 Å². The van der Waals surface area contributed by atoms with Crippen LogP contribution >= 0.6 is 0 Å². The standard InChI is InChI=1S/C25H32N2O3/c1-3-14-26(15-4-2)21(28)16-20(17-8-6-5-7-9-17)27-24(29)22-18-10-11-19(13-12-18)23(22)25(27)30/h5-11,18-20,22-23H,3-4,12-16H2,1-2H3/t18-,19-,20+,22+,23+/m0/s1. The van der Waals surface area contributed by atoms with E-state index in [0.29, 0.717) is 13.1 Å². The molecule has 0 radical (unpaired) electrons. The van der Waals surface area contributed by atoms with E-state index in [1.807, 2.05) is 35.2 Å². The maximum absolute atomic E-state index is 13.5. The van der Waals surface area contributed by atoms with Crippen LogP contribution in [0.25, 0.3) is 0 Å². The molecule has 3 aliphatic carbocycles. The molecule has 5 heteroatoms. The SMILES string of the molecule is CCCN(CCC)C(=O)C[C@H](c1ccccc1)N1C(=O)[C@H]2[C@H](C1=O)[C@H]1C=C[C@H]2CC1. The summed E-state index contributed by atoms with van der Waals surface area (Å²) in [6, 6.07) is 9.06. The average molecular weight is 409 g/mol. The van der Waals surface area contributed by atoms with E-state index in [1.165, 1.54) is 4.90 Å². The molecule has 0 unspecified atom stereocenters. The van der Waals surface area contributed by atoms with E-state index < -0.39 is 6.04 Å². The highest BCUT2D eigenvalue weighted by Gasteiger charge is 2.58. The Kier molecular flexibility index (Phi) is 6.07. The predicted octanol–water partition coefficient (Wildman–Crippen LogP) is 3.96. The molecule has 30 heavy (non-hydrogen) atoms. The fraction of sp³-hybridized carbons (Fsp3) is 0.560. The zero-order valence-corrected chi connectivity index (χ0v) is 18.0. The van der Waals surface area contributed by atoms with Crippen molar-refractivity contribution in [2.75, 3.05) is 13.1 Å². The molecule has 4 aliphatic rings. The van der Waals surface area contributed by atoms with Crippen molar-refractivity contribution >= 4 is 17.7 Å². The van der Waals surface area contributed by atoms with Crippen molar-refractivity contribution in [1.82, 2.24) is 9.80 Å². The molecule has 160 valence electrons. The van der Waals surface area contributed by atoms with Crippen LogP contribution in [0, 0.1) is 23.7 Å². The molecule has 1 aliphatic heterocycles. The minimum atomic E-state index is -0.528. The van der Waals surface area contributed by atoms with Gasteiger partial charge in [-0.25, -0.2) is 0 Å². The molecular weight excluding hydrogens is 376 g/mol. The first kappa shape index (κ1) is 20.8. The minimum Gasteiger partial charge on any atom is -0.343 e. The molecule has 1 aromatic carbocycles. The Morgan fingerprint density at radius 1 is 0.967 bits per heavy atom. The molecule has 1 saturated heterocycles. The van der Waals surface area contributed by atoms with E-state index >= 15 is 0 Å². The van der Waals surface area contributed by atoms with E-state index in [9.17, 15) is 14.4 Å². The van der Waals surface area contributed by atoms with Crippen molar-refractivity contribution in [2.24, 2.45) is 23.7 Å². The van der Waals surface area contributed by atoms with Crippen molar-refractivity contribution in [3.8, 4) is 0 Å². The summed E-state index contributed by atoms with van der Waals surface area (Å²) in [5.41, 5.74) is 0.861. The van der Waals surface area contributed by atoms with Crippen LogP contribution in [0.15, 0.2) is 42.5 Å². The summed E-state index contributed by atoms with van der Waals surface area (Å²) in [4.78, 5) is 43.5. The van der Waals surface area contributed by atoms with Gasteiger partial charge >= 0.3 is 0 Å². The number of rotatable bonds is 8. The second-order valence-electron chi connectivity index (χ2n) is 8.90. The quantitative estimate of drug-likeness (QED) is 0.483. The number of nitrogens with zero attached hydrogens (tertiary/aromatic N) is 2. The Balaban J connectivity index is 1.65. The highest BCUT2D eigenvalue weighted by atomic mass is 16.2. The van der Waals surface area contributed by atoms with Gasteiger partial charge in [-0.1, -0.05) is 56.3 Å². The normalized spacial score (nSPS) is 28.0. The number of carbonyl (C=O) groups excluding carboxylic acids is 3. The molecular formula is C25H32N2O3. The maximum atomic E-state index is 13.5. The molecule has 5 nitrogen and oxygen atoms in total. The molecule has 1 saturated carbocycles. The summed E-state index contributed by atoms with van der Waals surface area (Å²) in [6.07, 6.45) is 8.17. The third-order valence-corrected chi connectivity index (χ3v) is 7.00. The van der Waals surface area contributed by atoms with Gasteiger partial charge in [0.1, 0.15) is 0 Å². The van der Waals surface area contributed by atoms with Crippen molar-refractivity contribution in [1.29, 1.82) is 0 Å². The first-order valence-electron chi connectivity index (χ1n) is 11.4. The molecule has 0 N–H and O–H groups in total.